The molecule has 1 aromatic heterocycles. The first-order valence-corrected chi connectivity index (χ1v) is 7.82. The van der Waals surface area contributed by atoms with Gasteiger partial charge in [-0.3, -0.25) is 4.68 Å². The molecule has 2 aliphatic heterocycles. The zero-order valence-electron chi connectivity index (χ0n) is 12.0. The van der Waals surface area contributed by atoms with Crippen molar-refractivity contribution in [3.05, 3.63) is 11.9 Å². The minimum atomic E-state index is 0.202. The number of nitrogens with zero attached hydrogens (tertiary/aromatic N) is 4. The van der Waals surface area contributed by atoms with Gasteiger partial charge < -0.3 is 15.3 Å². The number of piperidine rings is 1. The molecule has 0 aliphatic carbocycles. The number of hydrogen-bond donors (Lipinski definition) is 2. The molecule has 0 aromatic carbocycles. The Bertz CT molecular complexity index is 421. The van der Waals surface area contributed by atoms with Gasteiger partial charge in [0.25, 0.3) is 0 Å². The summed E-state index contributed by atoms with van der Waals surface area (Å²) in [5.41, 5.74) is 0.997. The van der Waals surface area contributed by atoms with Crippen molar-refractivity contribution in [1.82, 2.24) is 25.2 Å². The van der Waals surface area contributed by atoms with Crippen LogP contribution in [0.25, 0.3) is 0 Å². The standard InChI is InChI=1S/C14H25N5O/c20-8-2-6-19-11-13(16-17-19)10-15-12-4-7-18-5-1-3-14(18)9-12/h11-12,14-15,20H,1-10H2. The number of rotatable bonds is 6. The molecule has 2 N–H and O–H groups in total. The third-order valence-corrected chi connectivity index (χ3v) is 4.52. The van der Waals surface area contributed by atoms with Crippen molar-refractivity contribution in [2.24, 2.45) is 0 Å². The van der Waals surface area contributed by atoms with E-state index in [1.807, 2.05) is 10.9 Å². The molecule has 6 heteroatoms. The van der Waals surface area contributed by atoms with Gasteiger partial charge in [0.15, 0.2) is 0 Å². The Morgan fingerprint density at radius 1 is 1.35 bits per heavy atom. The van der Waals surface area contributed by atoms with Crippen molar-refractivity contribution in [2.45, 2.75) is 57.3 Å². The normalized spacial score (nSPS) is 26.9. The van der Waals surface area contributed by atoms with Crippen LogP contribution in [0, 0.1) is 0 Å². The molecule has 0 spiro atoms. The Hall–Kier alpha value is -0.980. The van der Waals surface area contributed by atoms with Gasteiger partial charge in [0.2, 0.25) is 0 Å². The lowest BCUT2D eigenvalue weighted by atomic mass is 9.97. The Morgan fingerprint density at radius 2 is 2.30 bits per heavy atom. The fourth-order valence-corrected chi connectivity index (χ4v) is 3.42. The number of aromatic nitrogens is 3. The van der Waals surface area contributed by atoms with Gasteiger partial charge in [0.1, 0.15) is 0 Å². The molecule has 3 heterocycles. The van der Waals surface area contributed by atoms with Gasteiger partial charge in [-0.2, -0.15) is 0 Å². The molecule has 2 aliphatic rings. The number of aliphatic hydroxyl groups excluding tert-OH is 1. The van der Waals surface area contributed by atoms with Gasteiger partial charge in [-0.25, -0.2) is 0 Å². The van der Waals surface area contributed by atoms with Crippen molar-refractivity contribution in [1.29, 1.82) is 0 Å². The second kappa shape index (κ2) is 6.65. The number of nitrogens with one attached hydrogen (secondary N) is 1. The van der Waals surface area contributed by atoms with Crippen molar-refractivity contribution >= 4 is 0 Å². The van der Waals surface area contributed by atoms with Crippen LogP contribution >= 0.6 is 0 Å². The van der Waals surface area contributed by atoms with E-state index in [9.17, 15) is 0 Å². The second-order valence-corrected chi connectivity index (χ2v) is 5.98. The van der Waals surface area contributed by atoms with Gasteiger partial charge in [0.05, 0.1) is 5.69 Å². The molecule has 2 fully saturated rings. The van der Waals surface area contributed by atoms with Crippen molar-refractivity contribution in [3.8, 4) is 0 Å². The number of hydrogen-bond acceptors (Lipinski definition) is 5. The molecule has 0 amide bonds. The lowest BCUT2D eigenvalue weighted by Crippen LogP contribution is -2.45. The number of aryl methyl sites for hydroxylation is 1. The Balaban J connectivity index is 1.43. The van der Waals surface area contributed by atoms with Crippen molar-refractivity contribution in [2.75, 3.05) is 19.7 Å². The molecule has 20 heavy (non-hydrogen) atoms. The molecule has 6 nitrogen and oxygen atoms in total. The van der Waals surface area contributed by atoms with Crippen LogP contribution in [-0.2, 0) is 13.1 Å². The molecular weight excluding hydrogens is 254 g/mol. The predicted molar refractivity (Wildman–Crippen MR) is 76.2 cm³/mol. The first-order valence-electron chi connectivity index (χ1n) is 7.82. The molecular formula is C14H25N5O. The average Bonchev–Trinajstić information content (AvgIpc) is 3.11. The average molecular weight is 279 g/mol. The first-order chi connectivity index (χ1) is 9.85. The van der Waals surface area contributed by atoms with E-state index in [1.54, 1.807) is 0 Å². The number of aliphatic hydroxyl groups is 1. The molecule has 3 rings (SSSR count). The minimum absolute atomic E-state index is 0.202. The summed E-state index contributed by atoms with van der Waals surface area (Å²) < 4.78 is 1.81. The fraction of sp³-hybridized carbons (Fsp3) is 0.857. The maximum Gasteiger partial charge on any atom is 0.0964 e. The van der Waals surface area contributed by atoms with Crippen molar-refractivity contribution < 1.29 is 5.11 Å². The molecule has 2 saturated heterocycles. The van der Waals surface area contributed by atoms with E-state index in [-0.39, 0.29) is 6.61 Å². The topological polar surface area (TPSA) is 66.2 Å². The monoisotopic (exact) mass is 279 g/mol. The fourth-order valence-electron chi connectivity index (χ4n) is 3.42. The molecule has 2 atom stereocenters. The lowest BCUT2D eigenvalue weighted by Gasteiger charge is -2.35. The highest BCUT2D eigenvalue weighted by Gasteiger charge is 2.31. The van der Waals surface area contributed by atoms with Gasteiger partial charge >= 0.3 is 0 Å². The molecule has 2 unspecified atom stereocenters. The SMILES string of the molecule is OCCCn1cc(CNC2CCN3CCCC3C2)nn1. The molecule has 0 saturated carbocycles. The van der Waals surface area contributed by atoms with Crippen LogP contribution in [0.15, 0.2) is 6.20 Å². The quantitative estimate of drug-likeness (QED) is 0.788. The second-order valence-electron chi connectivity index (χ2n) is 5.98. The summed E-state index contributed by atoms with van der Waals surface area (Å²) in [4.78, 5) is 2.64. The van der Waals surface area contributed by atoms with Crippen LogP contribution < -0.4 is 5.32 Å². The van der Waals surface area contributed by atoms with Gasteiger partial charge in [0, 0.05) is 38.0 Å². The highest BCUT2D eigenvalue weighted by atomic mass is 16.3. The summed E-state index contributed by atoms with van der Waals surface area (Å²) in [6, 6.07) is 1.43. The summed E-state index contributed by atoms with van der Waals surface area (Å²) in [5.74, 6) is 0. The van der Waals surface area contributed by atoms with Crippen LogP contribution in [0.2, 0.25) is 0 Å². The van der Waals surface area contributed by atoms with Crippen LogP contribution in [0.1, 0.15) is 37.8 Å². The van der Waals surface area contributed by atoms with E-state index in [4.69, 9.17) is 5.11 Å². The van der Waals surface area contributed by atoms with Crippen LogP contribution in [0.4, 0.5) is 0 Å². The largest absolute Gasteiger partial charge is 0.396 e. The molecule has 0 radical (unpaired) electrons. The smallest absolute Gasteiger partial charge is 0.0964 e. The van der Waals surface area contributed by atoms with E-state index in [0.29, 0.717) is 6.04 Å². The number of fused-ring (bicyclic) bond motifs is 1. The maximum atomic E-state index is 8.80. The summed E-state index contributed by atoms with van der Waals surface area (Å²) >= 11 is 0. The van der Waals surface area contributed by atoms with E-state index in [2.05, 4.69) is 20.5 Å². The predicted octanol–water partition coefficient (Wildman–Crippen LogP) is 0.377. The van der Waals surface area contributed by atoms with Gasteiger partial charge in [-0.05, 0) is 45.2 Å². The third kappa shape index (κ3) is 3.37. The van der Waals surface area contributed by atoms with Crippen LogP contribution in [0.3, 0.4) is 0 Å². The zero-order chi connectivity index (χ0) is 13.8. The zero-order valence-corrected chi connectivity index (χ0v) is 12.0. The van der Waals surface area contributed by atoms with E-state index >= 15 is 0 Å². The molecule has 112 valence electrons. The van der Waals surface area contributed by atoms with Gasteiger partial charge in [-0.15, -0.1) is 5.10 Å². The Morgan fingerprint density at radius 3 is 3.20 bits per heavy atom. The third-order valence-electron chi connectivity index (χ3n) is 4.52. The van der Waals surface area contributed by atoms with Crippen LogP contribution in [-0.4, -0.2) is 56.8 Å². The Labute approximate surface area is 120 Å². The van der Waals surface area contributed by atoms with Crippen LogP contribution in [0.5, 0.6) is 0 Å². The van der Waals surface area contributed by atoms with E-state index < -0.39 is 0 Å². The summed E-state index contributed by atoms with van der Waals surface area (Å²) in [6.45, 7) is 4.29. The highest BCUT2D eigenvalue weighted by molar-refractivity contribution is 4.94. The van der Waals surface area contributed by atoms with E-state index in [0.717, 1.165) is 31.2 Å². The minimum Gasteiger partial charge on any atom is -0.396 e. The van der Waals surface area contributed by atoms with E-state index in [1.165, 1.54) is 38.8 Å². The first kappa shape index (κ1) is 14.0. The lowest BCUT2D eigenvalue weighted by molar-refractivity contribution is 0.166. The summed E-state index contributed by atoms with van der Waals surface area (Å²) in [7, 11) is 0. The Kier molecular flexibility index (Phi) is 4.65. The highest BCUT2D eigenvalue weighted by Crippen LogP contribution is 2.26. The van der Waals surface area contributed by atoms with Crippen molar-refractivity contribution in [3.63, 3.8) is 0 Å². The molecule has 1 aromatic rings. The van der Waals surface area contributed by atoms with Gasteiger partial charge in [-0.1, -0.05) is 5.21 Å². The summed E-state index contributed by atoms with van der Waals surface area (Å²) in [6.07, 6.45) is 7.98. The summed E-state index contributed by atoms with van der Waals surface area (Å²) in [5, 5.41) is 20.7. The molecule has 0 bridgehead atoms. The maximum absolute atomic E-state index is 8.80.